The lowest BCUT2D eigenvalue weighted by Gasteiger charge is -2.02. The Morgan fingerprint density at radius 3 is 1.69 bits per heavy atom. The highest BCUT2D eigenvalue weighted by atomic mass is 16.6. The number of methoxy groups -OCH3 is 2. The number of rotatable bonds is 2. The van der Waals surface area contributed by atoms with Crippen LogP contribution in [0.3, 0.4) is 0 Å². The molecule has 2 N–H and O–H groups in total. The maximum absolute atomic E-state index is 9.24. The third-order valence-electron chi connectivity index (χ3n) is 2.15. The highest BCUT2D eigenvalue weighted by Gasteiger charge is 2.21. The summed E-state index contributed by atoms with van der Waals surface area (Å²) in [6.45, 7) is 0. The predicted molar refractivity (Wildman–Crippen MR) is 47.2 cm³/mol. The van der Waals surface area contributed by atoms with Gasteiger partial charge in [-0.15, -0.1) is 0 Å². The van der Waals surface area contributed by atoms with E-state index in [2.05, 4.69) is 9.47 Å². The van der Waals surface area contributed by atoms with Crippen molar-refractivity contribution in [3.05, 3.63) is 23.0 Å². The molecule has 1 saturated carbocycles. The fourth-order valence-electron chi connectivity index (χ4n) is 1.39. The van der Waals surface area contributed by atoms with E-state index in [1.165, 1.54) is 14.2 Å². The zero-order valence-electron chi connectivity index (χ0n) is 7.83. The van der Waals surface area contributed by atoms with Crippen LogP contribution < -0.4 is 0 Å². The van der Waals surface area contributed by atoms with Gasteiger partial charge in [0.05, 0.1) is 14.2 Å². The summed E-state index contributed by atoms with van der Waals surface area (Å²) in [6, 6.07) is 0. The van der Waals surface area contributed by atoms with Crippen molar-refractivity contribution in [2.24, 2.45) is 0 Å². The molecule has 0 radical (unpaired) electrons. The van der Waals surface area contributed by atoms with E-state index in [9.17, 15) is 10.2 Å². The Bertz CT molecular complexity index is 226. The lowest BCUT2D eigenvalue weighted by atomic mass is 10.2. The molecule has 1 aliphatic rings. The fraction of sp³-hybridized carbons (Fsp3) is 0.556. The molecule has 0 amide bonds. The van der Waals surface area contributed by atoms with Gasteiger partial charge in [-0.1, -0.05) is 0 Å². The smallest absolute Gasteiger partial charge is 0.275 e. The zero-order chi connectivity index (χ0) is 9.84. The number of ether oxygens (including phenoxy) is 2. The first kappa shape index (κ1) is 9.77. The molecule has 0 spiro atoms. The molecule has 0 aromatic heterocycles. The second-order valence-corrected chi connectivity index (χ2v) is 2.90. The monoisotopic (exact) mass is 186 g/mol. The molecule has 0 bridgehead atoms. The van der Waals surface area contributed by atoms with E-state index in [0.717, 1.165) is 11.1 Å². The summed E-state index contributed by atoms with van der Waals surface area (Å²) in [6.07, 6.45) is 1.95. The fourth-order valence-corrected chi connectivity index (χ4v) is 1.39. The Morgan fingerprint density at radius 2 is 1.38 bits per heavy atom. The van der Waals surface area contributed by atoms with Crippen LogP contribution in [0.25, 0.3) is 0 Å². The van der Waals surface area contributed by atoms with E-state index in [1.54, 1.807) is 0 Å². The van der Waals surface area contributed by atoms with Gasteiger partial charge in [-0.25, -0.2) is 0 Å². The molecular formula is C9H14O4. The normalized spacial score (nSPS) is 24.2. The van der Waals surface area contributed by atoms with Gasteiger partial charge < -0.3 is 19.7 Å². The Kier molecular flexibility index (Phi) is 3.06. The lowest BCUT2D eigenvalue weighted by molar-refractivity contribution is 0.128. The SMILES string of the molecule is CO/C(O)=C1/CC/C(=C(\O)OC)C1. The molecule has 0 saturated heterocycles. The second kappa shape index (κ2) is 4.07. The standard InChI is InChI=1S/C9H14O4/c1-12-8(10)6-3-4-7(5-6)9(11)13-2/h10-11H,3-5H2,1-2H3/b8-6-,9-7-. The van der Waals surface area contributed by atoms with E-state index in [4.69, 9.17) is 0 Å². The number of hydrogen-bond acceptors (Lipinski definition) is 4. The third-order valence-corrected chi connectivity index (χ3v) is 2.15. The molecular weight excluding hydrogens is 172 g/mol. The van der Waals surface area contributed by atoms with Crippen LogP contribution in [0.5, 0.6) is 0 Å². The number of hydrogen-bond donors (Lipinski definition) is 2. The van der Waals surface area contributed by atoms with Crippen LogP contribution in [0.1, 0.15) is 19.3 Å². The van der Waals surface area contributed by atoms with Crippen LogP contribution in [-0.2, 0) is 9.47 Å². The molecule has 1 fully saturated rings. The Labute approximate surface area is 77.1 Å². The summed E-state index contributed by atoms with van der Waals surface area (Å²) in [5.74, 6) is -0.0854. The summed E-state index contributed by atoms with van der Waals surface area (Å²) in [5, 5.41) is 18.5. The Balaban J connectivity index is 2.75. The van der Waals surface area contributed by atoms with Crippen molar-refractivity contribution in [2.45, 2.75) is 19.3 Å². The van der Waals surface area contributed by atoms with Crippen molar-refractivity contribution < 1.29 is 19.7 Å². The molecule has 1 rings (SSSR count). The summed E-state index contributed by atoms with van der Waals surface area (Å²) >= 11 is 0. The van der Waals surface area contributed by atoms with Gasteiger partial charge in [0.25, 0.3) is 11.9 Å². The van der Waals surface area contributed by atoms with Gasteiger partial charge in [-0.3, -0.25) is 0 Å². The molecule has 0 aromatic carbocycles. The van der Waals surface area contributed by atoms with Gasteiger partial charge >= 0.3 is 0 Å². The van der Waals surface area contributed by atoms with Crippen molar-refractivity contribution in [3.63, 3.8) is 0 Å². The summed E-state index contributed by atoms with van der Waals surface area (Å²) < 4.78 is 9.37. The van der Waals surface area contributed by atoms with Crippen LogP contribution in [0.15, 0.2) is 23.0 Å². The van der Waals surface area contributed by atoms with Gasteiger partial charge in [0.2, 0.25) is 0 Å². The van der Waals surface area contributed by atoms with Crippen molar-refractivity contribution in [1.29, 1.82) is 0 Å². The van der Waals surface area contributed by atoms with Crippen LogP contribution in [0.2, 0.25) is 0 Å². The minimum atomic E-state index is -0.0427. The largest absolute Gasteiger partial charge is 0.481 e. The number of aliphatic hydroxyl groups excluding tert-OH is 2. The minimum Gasteiger partial charge on any atom is -0.481 e. The van der Waals surface area contributed by atoms with E-state index in [0.29, 0.717) is 19.3 Å². The molecule has 1 aliphatic carbocycles. The summed E-state index contributed by atoms with van der Waals surface area (Å²) in [4.78, 5) is 0. The molecule has 4 heteroatoms. The van der Waals surface area contributed by atoms with Gasteiger partial charge in [-0.2, -0.15) is 0 Å². The number of allylic oxidation sites excluding steroid dienone is 2. The van der Waals surface area contributed by atoms with E-state index in [1.807, 2.05) is 0 Å². The summed E-state index contributed by atoms with van der Waals surface area (Å²) in [5.41, 5.74) is 1.61. The minimum absolute atomic E-state index is 0.0427. The Morgan fingerprint density at radius 1 is 1.00 bits per heavy atom. The zero-order valence-corrected chi connectivity index (χ0v) is 7.83. The lowest BCUT2D eigenvalue weighted by Crippen LogP contribution is -1.91. The predicted octanol–water partition coefficient (Wildman–Crippen LogP) is 2.00. The van der Waals surface area contributed by atoms with Crippen LogP contribution in [0, 0.1) is 0 Å². The van der Waals surface area contributed by atoms with Gasteiger partial charge in [0.1, 0.15) is 0 Å². The van der Waals surface area contributed by atoms with Crippen LogP contribution >= 0.6 is 0 Å². The highest BCUT2D eigenvalue weighted by Crippen LogP contribution is 2.32. The molecule has 0 heterocycles. The first-order valence-corrected chi connectivity index (χ1v) is 4.09. The van der Waals surface area contributed by atoms with Gasteiger partial charge in [0.15, 0.2) is 0 Å². The van der Waals surface area contributed by atoms with Gasteiger partial charge in [-0.05, 0) is 12.8 Å². The molecule has 0 atom stereocenters. The van der Waals surface area contributed by atoms with Gasteiger partial charge in [0, 0.05) is 17.6 Å². The first-order valence-electron chi connectivity index (χ1n) is 4.09. The quantitative estimate of drug-likeness (QED) is 0.647. The van der Waals surface area contributed by atoms with E-state index in [-0.39, 0.29) is 11.9 Å². The average molecular weight is 186 g/mol. The molecule has 0 unspecified atom stereocenters. The van der Waals surface area contributed by atoms with E-state index < -0.39 is 0 Å². The molecule has 4 nitrogen and oxygen atoms in total. The third kappa shape index (κ3) is 2.08. The second-order valence-electron chi connectivity index (χ2n) is 2.90. The summed E-state index contributed by atoms with van der Waals surface area (Å²) in [7, 11) is 2.83. The van der Waals surface area contributed by atoms with E-state index >= 15 is 0 Å². The van der Waals surface area contributed by atoms with Crippen LogP contribution in [0.4, 0.5) is 0 Å². The molecule has 0 aliphatic heterocycles. The van der Waals surface area contributed by atoms with Crippen molar-refractivity contribution in [2.75, 3.05) is 14.2 Å². The number of aliphatic hydroxyl groups is 2. The highest BCUT2D eigenvalue weighted by molar-refractivity contribution is 5.24. The average Bonchev–Trinajstić information content (AvgIpc) is 2.64. The van der Waals surface area contributed by atoms with Crippen molar-refractivity contribution in [1.82, 2.24) is 0 Å². The molecule has 13 heavy (non-hydrogen) atoms. The Hall–Kier alpha value is -1.32. The molecule has 0 aromatic rings. The topological polar surface area (TPSA) is 58.9 Å². The van der Waals surface area contributed by atoms with Crippen LogP contribution in [-0.4, -0.2) is 24.4 Å². The first-order chi connectivity index (χ1) is 6.19. The van der Waals surface area contributed by atoms with Crippen molar-refractivity contribution in [3.8, 4) is 0 Å². The molecule has 74 valence electrons. The maximum Gasteiger partial charge on any atom is 0.275 e. The maximum atomic E-state index is 9.24. The van der Waals surface area contributed by atoms with Crippen molar-refractivity contribution >= 4 is 0 Å².